The predicted octanol–water partition coefficient (Wildman–Crippen LogP) is 1.24. The van der Waals surface area contributed by atoms with E-state index in [4.69, 9.17) is 5.26 Å². The van der Waals surface area contributed by atoms with Crippen LogP contribution in [0.4, 0.5) is 0 Å². The number of rotatable bonds is 0. The molecule has 2 heteroatoms. The number of hydrogen-bond donors (Lipinski definition) is 0. The number of hydrogen-bond acceptors (Lipinski definition) is 2. The van der Waals surface area contributed by atoms with E-state index < -0.39 is 0 Å². The van der Waals surface area contributed by atoms with Crippen molar-refractivity contribution in [3.8, 4) is 6.07 Å². The molecule has 2 rings (SSSR count). The second-order valence-corrected chi connectivity index (χ2v) is 3.87. The van der Waals surface area contributed by atoms with Gasteiger partial charge in [0.05, 0.1) is 6.07 Å². The maximum atomic E-state index is 8.89. The van der Waals surface area contributed by atoms with Crippen molar-refractivity contribution in [1.29, 1.82) is 5.26 Å². The monoisotopic (exact) mass is 150 g/mol. The lowest BCUT2D eigenvalue weighted by Gasteiger charge is -2.15. The van der Waals surface area contributed by atoms with Crippen LogP contribution in [-0.4, -0.2) is 24.5 Å². The van der Waals surface area contributed by atoms with E-state index in [1.165, 1.54) is 19.3 Å². The van der Waals surface area contributed by atoms with Crippen LogP contribution < -0.4 is 0 Å². The van der Waals surface area contributed by atoms with Crippen LogP contribution in [0, 0.1) is 23.2 Å². The maximum absolute atomic E-state index is 8.89. The molecule has 2 aliphatic rings. The van der Waals surface area contributed by atoms with Gasteiger partial charge in [-0.1, -0.05) is 6.42 Å². The smallest absolute Gasteiger partial charge is 0.101 e. The molecule has 1 heterocycles. The summed E-state index contributed by atoms with van der Waals surface area (Å²) in [5, 5.41) is 8.89. The molecule has 0 spiro atoms. The average molecular weight is 150 g/mol. The van der Waals surface area contributed by atoms with Crippen LogP contribution in [0.25, 0.3) is 0 Å². The fourth-order valence-corrected chi connectivity index (χ4v) is 2.71. The molecule has 0 bridgehead atoms. The summed E-state index contributed by atoms with van der Waals surface area (Å²) in [6.45, 7) is 1.16. The topological polar surface area (TPSA) is 27.0 Å². The molecule has 3 atom stereocenters. The third kappa shape index (κ3) is 0.954. The minimum atomic E-state index is 0.225. The summed E-state index contributed by atoms with van der Waals surface area (Å²) in [6, 6.07) is 2.64. The summed E-state index contributed by atoms with van der Waals surface area (Å²) < 4.78 is 0. The van der Waals surface area contributed by atoms with Crippen molar-refractivity contribution >= 4 is 0 Å². The maximum Gasteiger partial charge on any atom is 0.101 e. The molecular formula is C9H14N2. The summed E-state index contributed by atoms with van der Waals surface area (Å²) in [7, 11) is 2.08. The molecule has 2 nitrogen and oxygen atoms in total. The van der Waals surface area contributed by atoms with Gasteiger partial charge in [-0.2, -0.15) is 5.26 Å². The molecule has 1 aliphatic heterocycles. The Labute approximate surface area is 67.8 Å². The van der Waals surface area contributed by atoms with Gasteiger partial charge < -0.3 is 0 Å². The molecule has 1 aliphatic carbocycles. The molecule has 0 unspecified atom stereocenters. The molecule has 1 saturated heterocycles. The minimum absolute atomic E-state index is 0.225. The van der Waals surface area contributed by atoms with Crippen molar-refractivity contribution in [2.75, 3.05) is 13.6 Å². The standard InChI is InChI=1S/C9H14N2/c1-11-6-7-3-2-4-8(7)9(11)5-10/h7-9H,2-4,6H2,1H3/t7-,8-,9+/m0/s1. The van der Waals surface area contributed by atoms with Crippen LogP contribution in [0.2, 0.25) is 0 Å². The van der Waals surface area contributed by atoms with Gasteiger partial charge in [0.15, 0.2) is 0 Å². The van der Waals surface area contributed by atoms with Gasteiger partial charge in [-0.15, -0.1) is 0 Å². The second-order valence-electron chi connectivity index (χ2n) is 3.87. The molecule has 2 fully saturated rings. The van der Waals surface area contributed by atoms with Crippen molar-refractivity contribution in [3.63, 3.8) is 0 Å². The van der Waals surface area contributed by atoms with Gasteiger partial charge in [0.2, 0.25) is 0 Å². The Bertz CT molecular complexity index is 194. The zero-order chi connectivity index (χ0) is 7.84. The first-order chi connectivity index (χ1) is 5.33. The second kappa shape index (κ2) is 2.49. The largest absolute Gasteiger partial charge is 0.291 e. The zero-order valence-corrected chi connectivity index (χ0v) is 6.95. The lowest BCUT2D eigenvalue weighted by Crippen LogP contribution is -2.27. The number of fused-ring (bicyclic) bond motifs is 1. The van der Waals surface area contributed by atoms with Crippen molar-refractivity contribution in [3.05, 3.63) is 0 Å². The Morgan fingerprint density at radius 3 is 3.00 bits per heavy atom. The van der Waals surface area contributed by atoms with Gasteiger partial charge in [0.25, 0.3) is 0 Å². The summed E-state index contributed by atoms with van der Waals surface area (Å²) in [6.07, 6.45) is 3.99. The Hall–Kier alpha value is -0.550. The molecule has 60 valence electrons. The molecule has 11 heavy (non-hydrogen) atoms. The quantitative estimate of drug-likeness (QED) is 0.519. The fraction of sp³-hybridized carbons (Fsp3) is 0.889. The SMILES string of the molecule is CN1C[C@@H]2CCC[C@@H]2[C@H]1C#N. The Morgan fingerprint density at radius 2 is 2.27 bits per heavy atom. The molecule has 0 aromatic heterocycles. The Balaban J connectivity index is 2.15. The highest BCUT2D eigenvalue weighted by atomic mass is 15.2. The van der Waals surface area contributed by atoms with E-state index in [9.17, 15) is 0 Å². The Morgan fingerprint density at radius 1 is 1.45 bits per heavy atom. The van der Waals surface area contributed by atoms with Crippen LogP contribution in [0.1, 0.15) is 19.3 Å². The zero-order valence-electron chi connectivity index (χ0n) is 6.95. The van der Waals surface area contributed by atoms with Crippen molar-refractivity contribution in [2.24, 2.45) is 11.8 Å². The molecular weight excluding hydrogens is 136 g/mol. The summed E-state index contributed by atoms with van der Waals surface area (Å²) in [5.74, 6) is 1.54. The Kier molecular flexibility index (Phi) is 1.61. The molecule has 0 aromatic rings. The number of nitriles is 1. The number of nitrogens with zero attached hydrogens (tertiary/aromatic N) is 2. The highest BCUT2D eigenvalue weighted by Gasteiger charge is 2.42. The summed E-state index contributed by atoms with van der Waals surface area (Å²) >= 11 is 0. The first kappa shape index (κ1) is 7.12. The first-order valence-electron chi connectivity index (χ1n) is 4.43. The average Bonchev–Trinajstić information content (AvgIpc) is 2.46. The van der Waals surface area contributed by atoms with Crippen LogP contribution in [0.5, 0.6) is 0 Å². The molecule has 1 saturated carbocycles. The summed E-state index contributed by atoms with van der Waals surface area (Å²) in [5.41, 5.74) is 0. The first-order valence-corrected chi connectivity index (χ1v) is 4.43. The van der Waals surface area contributed by atoms with E-state index >= 15 is 0 Å². The van der Waals surface area contributed by atoms with E-state index in [2.05, 4.69) is 18.0 Å². The highest BCUT2D eigenvalue weighted by molar-refractivity contribution is 5.05. The van der Waals surface area contributed by atoms with Gasteiger partial charge in [-0.3, -0.25) is 4.90 Å². The molecule has 0 N–H and O–H groups in total. The fourth-order valence-electron chi connectivity index (χ4n) is 2.71. The van der Waals surface area contributed by atoms with Crippen molar-refractivity contribution < 1.29 is 0 Å². The molecule has 0 amide bonds. The van der Waals surface area contributed by atoms with Crippen LogP contribution in [-0.2, 0) is 0 Å². The minimum Gasteiger partial charge on any atom is -0.291 e. The van der Waals surface area contributed by atoms with Crippen LogP contribution in [0.15, 0.2) is 0 Å². The summed E-state index contributed by atoms with van der Waals surface area (Å²) in [4.78, 5) is 2.22. The third-order valence-corrected chi connectivity index (χ3v) is 3.25. The molecule has 0 aromatic carbocycles. The van der Waals surface area contributed by atoms with Crippen molar-refractivity contribution in [1.82, 2.24) is 4.90 Å². The molecule has 0 radical (unpaired) electrons. The number of likely N-dealkylation sites (tertiary alicyclic amines) is 1. The van der Waals surface area contributed by atoms with E-state index in [1.807, 2.05) is 0 Å². The van der Waals surface area contributed by atoms with Gasteiger partial charge in [0.1, 0.15) is 6.04 Å². The third-order valence-electron chi connectivity index (χ3n) is 3.25. The predicted molar refractivity (Wildman–Crippen MR) is 42.9 cm³/mol. The highest BCUT2D eigenvalue weighted by Crippen LogP contribution is 2.40. The van der Waals surface area contributed by atoms with E-state index in [1.54, 1.807) is 0 Å². The normalized spacial score (nSPS) is 43.8. The van der Waals surface area contributed by atoms with Gasteiger partial charge in [-0.25, -0.2) is 0 Å². The van der Waals surface area contributed by atoms with E-state index in [0.29, 0.717) is 5.92 Å². The van der Waals surface area contributed by atoms with E-state index in [-0.39, 0.29) is 6.04 Å². The van der Waals surface area contributed by atoms with Crippen LogP contribution in [0.3, 0.4) is 0 Å². The van der Waals surface area contributed by atoms with E-state index in [0.717, 1.165) is 12.5 Å². The van der Waals surface area contributed by atoms with Gasteiger partial charge in [-0.05, 0) is 31.7 Å². The lowest BCUT2D eigenvalue weighted by atomic mass is 9.95. The van der Waals surface area contributed by atoms with Crippen molar-refractivity contribution in [2.45, 2.75) is 25.3 Å². The van der Waals surface area contributed by atoms with Crippen LogP contribution >= 0.6 is 0 Å². The van der Waals surface area contributed by atoms with Gasteiger partial charge in [0, 0.05) is 6.54 Å². The lowest BCUT2D eigenvalue weighted by molar-refractivity contribution is 0.321. The van der Waals surface area contributed by atoms with Gasteiger partial charge >= 0.3 is 0 Å².